The third-order valence-corrected chi connectivity index (χ3v) is 2.63. The lowest BCUT2D eigenvalue weighted by Gasteiger charge is -2.17. The van der Waals surface area contributed by atoms with Gasteiger partial charge in [-0.25, -0.2) is 0 Å². The van der Waals surface area contributed by atoms with Crippen LogP contribution in [0, 0.1) is 6.92 Å². The second-order valence-corrected chi connectivity index (χ2v) is 5.22. The highest BCUT2D eigenvalue weighted by atomic mass is 16.5. The van der Waals surface area contributed by atoms with E-state index in [1.165, 1.54) is 0 Å². The van der Waals surface area contributed by atoms with Gasteiger partial charge in [0.25, 0.3) is 5.89 Å². The Labute approximate surface area is 122 Å². The second-order valence-electron chi connectivity index (χ2n) is 5.22. The van der Waals surface area contributed by atoms with Crippen molar-refractivity contribution in [2.24, 2.45) is 5.73 Å². The van der Waals surface area contributed by atoms with E-state index in [4.69, 9.17) is 15.0 Å². The average molecular weight is 290 g/mol. The van der Waals surface area contributed by atoms with Crippen LogP contribution in [0.4, 0.5) is 5.69 Å². The second kappa shape index (κ2) is 5.92. The molecular formula is C14H18N4O3. The first kappa shape index (κ1) is 15.0. The van der Waals surface area contributed by atoms with E-state index in [0.29, 0.717) is 23.2 Å². The van der Waals surface area contributed by atoms with Crippen molar-refractivity contribution in [1.82, 2.24) is 10.1 Å². The van der Waals surface area contributed by atoms with Crippen LogP contribution in [-0.4, -0.2) is 21.6 Å². The summed E-state index contributed by atoms with van der Waals surface area (Å²) in [4.78, 5) is 15.8. The van der Waals surface area contributed by atoms with Crippen LogP contribution in [0.2, 0.25) is 0 Å². The van der Waals surface area contributed by atoms with Crippen LogP contribution in [0.25, 0.3) is 0 Å². The molecule has 21 heavy (non-hydrogen) atoms. The summed E-state index contributed by atoms with van der Waals surface area (Å²) >= 11 is 0. The van der Waals surface area contributed by atoms with Crippen LogP contribution in [0.1, 0.15) is 25.6 Å². The van der Waals surface area contributed by atoms with E-state index in [2.05, 4.69) is 15.5 Å². The molecule has 1 heterocycles. The fourth-order valence-corrected chi connectivity index (χ4v) is 1.47. The van der Waals surface area contributed by atoms with Crippen LogP contribution in [0.5, 0.6) is 5.75 Å². The van der Waals surface area contributed by atoms with Crippen LogP contribution in [0.3, 0.4) is 0 Å². The summed E-state index contributed by atoms with van der Waals surface area (Å²) in [6.45, 7) is 5.23. The highest BCUT2D eigenvalue weighted by Gasteiger charge is 2.21. The van der Waals surface area contributed by atoms with Gasteiger partial charge in [-0.3, -0.25) is 4.79 Å². The Kier molecular flexibility index (Phi) is 4.23. The molecule has 3 N–H and O–H groups in total. The molecule has 0 fully saturated rings. The molecule has 0 radical (unpaired) electrons. The number of nitrogens with one attached hydrogen (secondary N) is 1. The molecule has 112 valence electrons. The smallest absolute Gasteiger partial charge is 0.264 e. The van der Waals surface area contributed by atoms with Crippen LogP contribution >= 0.6 is 0 Å². The Morgan fingerprint density at radius 3 is 2.57 bits per heavy atom. The molecule has 0 saturated heterocycles. The normalized spacial score (nSPS) is 11.2. The number of amides is 1. The van der Waals surface area contributed by atoms with Gasteiger partial charge in [0.15, 0.2) is 12.4 Å². The van der Waals surface area contributed by atoms with Gasteiger partial charge in [-0.2, -0.15) is 4.98 Å². The molecule has 7 heteroatoms. The predicted octanol–water partition coefficient (Wildman–Crippen LogP) is 1.63. The summed E-state index contributed by atoms with van der Waals surface area (Å²) in [7, 11) is 0. The fourth-order valence-electron chi connectivity index (χ4n) is 1.47. The topological polar surface area (TPSA) is 103 Å². The zero-order valence-electron chi connectivity index (χ0n) is 12.2. The lowest BCUT2D eigenvalue weighted by molar-refractivity contribution is -0.120. The monoisotopic (exact) mass is 290 g/mol. The van der Waals surface area contributed by atoms with Crippen LogP contribution in [0.15, 0.2) is 28.8 Å². The first-order valence-corrected chi connectivity index (χ1v) is 6.47. The van der Waals surface area contributed by atoms with Gasteiger partial charge in [0.2, 0.25) is 5.91 Å². The van der Waals surface area contributed by atoms with Crippen molar-refractivity contribution in [3.05, 3.63) is 36.0 Å². The van der Waals surface area contributed by atoms with Crippen LogP contribution < -0.4 is 15.8 Å². The van der Waals surface area contributed by atoms with E-state index >= 15 is 0 Å². The van der Waals surface area contributed by atoms with Gasteiger partial charge < -0.3 is 20.3 Å². The van der Waals surface area contributed by atoms with Crippen molar-refractivity contribution in [1.29, 1.82) is 0 Å². The quantitative estimate of drug-likeness (QED) is 0.867. The zero-order chi connectivity index (χ0) is 15.5. The van der Waals surface area contributed by atoms with Crippen molar-refractivity contribution in [3.63, 3.8) is 0 Å². The number of aromatic nitrogens is 2. The van der Waals surface area contributed by atoms with Crippen molar-refractivity contribution >= 4 is 11.6 Å². The van der Waals surface area contributed by atoms with E-state index in [-0.39, 0.29) is 12.5 Å². The number of rotatable bonds is 5. The number of nitrogens with zero attached hydrogens (tertiary/aromatic N) is 2. The van der Waals surface area contributed by atoms with E-state index in [9.17, 15) is 4.79 Å². The SMILES string of the molecule is Cc1noc(COc2ccc(NC(=O)C(C)(C)N)cc2)n1. The van der Waals surface area contributed by atoms with E-state index in [1.54, 1.807) is 45.0 Å². The number of ether oxygens (including phenoxy) is 1. The largest absolute Gasteiger partial charge is 0.484 e. The number of carbonyl (C=O) groups is 1. The summed E-state index contributed by atoms with van der Waals surface area (Å²) in [5, 5.41) is 6.40. The van der Waals surface area contributed by atoms with Crippen LogP contribution in [-0.2, 0) is 11.4 Å². The Morgan fingerprint density at radius 2 is 2.05 bits per heavy atom. The summed E-state index contributed by atoms with van der Waals surface area (Å²) < 4.78 is 10.4. The Morgan fingerprint density at radius 1 is 1.38 bits per heavy atom. The summed E-state index contributed by atoms with van der Waals surface area (Å²) in [6, 6.07) is 6.95. The molecule has 0 spiro atoms. The fraction of sp³-hybridized carbons (Fsp3) is 0.357. The first-order chi connectivity index (χ1) is 9.84. The van der Waals surface area contributed by atoms with Gasteiger partial charge in [0.05, 0.1) is 5.54 Å². The maximum absolute atomic E-state index is 11.7. The van der Waals surface area contributed by atoms with Gasteiger partial charge >= 0.3 is 0 Å². The molecule has 1 amide bonds. The minimum Gasteiger partial charge on any atom is -0.484 e. The number of benzene rings is 1. The summed E-state index contributed by atoms with van der Waals surface area (Å²) in [5.74, 6) is 1.36. The third kappa shape index (κ3) is 4.28. The highest BCUT2D eigenvalue weighted by molar-refractivity contribution is 5.97. The van der Waals surface area contributed by atoms with Gasteiger partial charge in [0.1, 0.15) is 5.75 Å². The van der Waals surface area contributed by atoms with E-state index in [1.807, 2.05) is 0 Å². The number of anilines is 1. The standard InChI is InChI=1S/C14H18N4O3/c1-9-16-12(21-18-9)8-20-11-6-4-10(5-7-11)17-13(19)14(2,3)15/h4-7H,8,15H2,1-3H3,(H,17,19). The zero-order valence-corrected chi connectivity index (χ0v) is 12.2. The number of hydrogen-bond donors (Lipinski definition) is 2. The lowest BCUT2D eigenvalue weighted by Crippen LogP contribution is -2.45. The Hall–Kier alpha value is -2.41. The number of carbonyl (C=O) groups excluding carboxylic acids is 1. The molecular weight excluding hydrogens is 272 g/mol. The maximum Gasteiger partial charge on any atom is 0.264 e. The maximum atomic E-state index is 11.7. The van der Waals surface area contributed by atoms with Crippen molar-refractivity contribution < 1.29 is 14.1 Å². The summed E-state index contributed by atoms with van der Waals surface area (Å²) in [5.41, 5.74) is 5.44. The molecule has 2 aromatic rings. The molecule has 7 nitrogen and oxygen atoms in total. The Bertz CT molecular complexity index is 614. The molecule has 0 saturated carbocycles. The molecule has 0 bridgehead atoms. The average Bonchev–Trinajstić information content (AvgIpc) is 2.83. The molecule has 0 aliphatic carbocycles. The third-order valence-electron chi connectivity index (χ3n) is 2.63. The predicted molar refractivity (Wildman–Crippen MR) is 76.7 cm³/mol. The molecule has 0 unspecified atom stereocenters. The molecule has 1 aromatic heterocycles. The van der Waals surface area contributed by atoms with Gasteiger partial charge in [0, 0.05) is 5.69 Å². The van der Waals surface area contributed by atoms with Gasteiger partial charge in [-0.05, 0) is 45.0 Å². The van der Waals surface area contributed by atoms with Crippen molar-refractivity contribution in [2.75, 3.05) is 5.32 Å². The Balaban J connectivity index is 1.91. The number of aryl methyl sites for hydroxylation is 1. The van der Waals surface area contributed by atoms with Gasteiger partial charge in [-0.15, -0.1) is 0 Å². The molecule has 0 atom stereocenters. The molecule has 2 rings (SSSR count). The first-order valence-electron chi connectivity index (χ1n) is 6.47. The van der Waals surface area contributed by atoms with E-state index in [0.717, 1.165) is 0 Å². The molecule has 0 aliphatic heterocycles. The summed E-state index contributed by atoms with van der Waals surface area (Å²) in [6.07, 6.45) is 0. The lowest BCUT2D eigenvalue weighted by atomic mass is 10.1. The van der Waals surface area contributed by atoms with Crippen molar-refractivity contribution in [3.8, 4) is 5.75 Å². The van der Waals surface area contributed by atoms with E-state index < -0.39 is 5.54 Å². The number of hydrogen-bond acceptors (Lipinski definition) is 6. The highest BCUT2D eigenvalue weighted by Crippen LogP contribution is 2.17. The molecule has 1 aromatic carbocycles. The minimum atomic E-state index is -0.926. The number of nitrogens with two attached hydrogens (primary N) is 1. The van der Waals surface area contributed by atoms with Gasteiger partial charge in [-0.1, -0.05) is 5.16 Å². The molecule has 0 aliphatic rings. The van der Waals surface area contributed by atoms with Crippen molar-refractivity contribution in [2.45, 2.75) is 32.9 Å². The minimum absolute atomic E-state index is 0.197.